The number of benzene rings is 1. The van der Waals surface area contributed by atoms with Gasteiger partial charge in [0, 0.05) is 0 Å². The third-order valence-corrected chi connectivity index (χ3v) is 2.22. The molecule has 2 rings (SSSR count). The predicted molar refractivity (Wildman–Crippen MR) is 60.4 cm³/mol. The fourth-order valence-electron chi connectivity index (χ4n) is 1.32. The SMILES string of the molecule is Cc1n[nH]cc(OCc2ccccc2)c1=O. The molecule has 0 saturated carbocycles. The van der Waals surface area contributed by atoms with E-state index in [-0.39, 0.29) is 5.43 Å². The van der Waals surface area contributed by atoms with E-state index in [2.05, 4.69) is 10.2 Å². The van der Waals surface area contributed by atoms with Crippen LogP contribution in [-0.2, 0) is 6.61 Å². The average Bonchev–Trinajstić information content (AvgIpc) is 2.32. The van der Waals surface area contributed by atoms with Gasteiger partial charge in [0.15, 0.2) is 5.75 Å². The van der Waals surface area contributed by atoms with E-state index in [9.17, 15) is 4.79 Å². The molecule has 0 aliphatic heterocycles. The van der Waals surface area contributed by atoms with Gasteiger partial charge in [-0.2, -0.15) is 5.10 Å². The van der Waals surface area contributed by atoms with Gasteiger partial charge in [0.25, 0.3) is 0 Å². The molecule has 0 fully saturated rings. The zero-order valence-electron chi connectivity index (χ0n) is 8.93. The first kappa shape index (κ1) is 10.4. The Hall–Kier alpha value is -2.10. The smallest absolute Gasteiger partial charge is 0.244 e. The first-order valence-corrected chi connectivity index (χ1v) is 4.99. The molecular weight excluding hydrogens is 204 g/mol. The number of rotatable bonds is 3. The van der Waals surface area contributed by atoms with Crippen molar-refractivity contribution in [3.63, 3.8) is 0 Å². The molecule has 1 aromatic heterocycles. The number of nitrogens with zero attached hydrogens (tertiary/aromatic N) is 1. The topological polar surface area (TPSA) is 55.0 Å². The van der Waals surface area contributed by atoms with Gasteiger partial charge >= 0.3 is 0 Å². The van der Waals surface area contributed by atoms with Crippen LogP contribution >= 0.6 is 0 Å². The van der Waals surface area contributed by atoms with Crippen LogP contribution in [0.15, 0.2) is 41.3 Å². The first-order chi connectivity index (χ1) is 7.77. The Morgan fingerprint density at radius 3 is 2.81 bits per heavy atom. The third-order valence-electron chi connectivity index (χ3n) is 2.22. The molecule has 0 aliphatic carbocycles. The summed E-state index contributed by atoms with van der Waals surface area (Å²) in [6.07, 6.45) is 1.47. The Kier molecular flexibility index (Phi) is 3.00. The van der Waals surface area contributed by atoms with Gasteiger partial charge in [-0.15, -0.1) is 0 Å². The molecule has 1 aromatic carbocycles. The van der Waals surface area contributed by atoms with Gasteiger partial charge < -0.3 is 4.74 Å². The van der Waals surface area contributed by atoms with Crippen molar-refractivity contribution >= 4 is 0 Å². The van der Waals surface area contributed by atoms with Gasteiger partial charge in [-0.25, -0.2) is 0 Å². The van der Waals surface area contributed by atoms with E-state index in [4.69, 9.17) is 4.74 Å². The van der Waals surface area contributed by atoms with Crippen molar-refractivity contribution in [2.75, 3.05) is 0 Å². The average molecular weight is 216 g/mol. The lowest BCUT2D eigenvalue weighted by atomic mass is 10.2. The molecule has 0 unspecified atom stereocenters. The molecule has 4 nitrogen and oxygen atoms in total. The maximum Gasteiger partial charge on any atom is 0.244 e. The molecule has 0 bridgehead atoms. The van der Waals surface area contributed by atoms with E-state index in [1.807, 2.05) is 30.3 Å². The van der Waals surface area contributed by atoms with Crippen LogP contribution in [-0.4, -0.2) is 10.2 Å². The van der Waals surface area contributed by atoms with Gasteiger partial charge in [-0.05, 0) is 12.5 Å². The van der Waals surface area contributed by atoms with Crippen LogP contribution in [0.5, 0.6) is 5.75 Å². The van der Waals surface area contributed by atoms with Crippen molar-refractivity contribution in [3.05, 3.63) is 58.0 Å². The van der Waals surface area contributed by atoms with Crippen LogP contribution in [0.3, 0.4) is 0 Å². The number of hydrogen-bond donors (Lipinski definition) is 1. The molecule has 0 aliphatic rings. The summed E-state index contributed by atoms with van der Waals surface area (Å²) in [5, 5.41) is 6.41. The summed E-state index contributed by atoms with van der Waals surface area (Å²) in [6, 6.07) is 9.69. The largest absolute Gasteiger partial charge is 0.483 e. The quantitative estimate of drug-likeness (QED) is 0.848. The van der Waals surface area contributed by atoms with Gasteiger partial charge in [-0.3, -0.25) is 9.89 Å². The highest BCUT2D eigenvalue weighted by Gasteiger charge is 2.03. The van der Waals surface area contributed by atoms with E-state index in [1.54, 1.807) is 6.92 Å². The van der Waals surface area contributed by atoms with Crippen LogP contribution in [0.1, 0.15) is 11.3 Å². The zero-order chi connectivity index (χ0) is 11.4. The number of aromatic amines is 1. The van der Waals surface area contributed by atoms with Crippen molar-refractivity contribution < 1.29 is 4.74 Å². The van der Waals surface area contributed by atoms with Crippen LogP contribution in [0.25, 0.3) is 0 Å². The standard InChI is InChI=1S/C12H12N2O2/c1-9-12(15)11(7-13-14-9)16-8-10-5-3-2-4-6-10/h2-7H,8H2,1H3,(H,13,15). The van der Waals surface area contributed by atoms with Crippen molar-refractivity contribution in [2.24, 2.45) is 0 Å². The summed E-state index contributed by atoms with van der Waals surface area (Å²) < 4.78 is 5.42. The Balaban J connectivity index is 2.11. The minimum atomic E-state index is -0.172. The fourth-order valence-corrected chi connectivity index (χ4v) is 1.32. The second-order valence-corrected chi connectivity index (χ2v) is 3.44. The Bertz CT molecular complexity index is 520. The van der Waals surface area contributed by atoms with Gasteiger partial charge in [0.1, 0.15) is 12.3 Å². The molecule has 0 spiro atoms. The molecule has 0 radical (unpaired) electrons. The fraction of sp³-hybridized carbons (Fsp3) is 0.167. The maximum atomic E-state index is 11.6. The number of aromatic nitrogens is 2. The molecule has 4 heteroatoms. The highest BCUT2D eigenvalue weighted by atomic mass is 16.5. The van der Waals surface area contributed by atoms with Crippen molar-refractivity contribution in [1.82, 2.24) is 10.2 Å². The van der Waals surface area contributed by atoms with Crippen LogP contribution in [0.4, 0.5) is 0 Å². The minimum absolute atomic E-state index is 0.172. The zero-order valence-corrected chi connectivity index (χ0v) is 8.93. The maximum absolute atomic E-state index is 11.6. The Morgan fingerprint density at radius 2 is 2.06 bits per heavy atom. The van der Waals surface area contributed by atoms with Crippen molar-refractivity contribution in [2.45, 2.75) is 13.5 Å². The lowest BCUT2D eigenvalue weighted by molar-refractivity contribution is 0.301. The lowest BCUT2D eigenvalue weighted by Gasteiger charge is -2.05. The van der Waals surface area contributed by atoms with E-state index < -0.39 is 0 Å². The predicted octanol–water partition coefficient (Wildman–Crippen LogP) is 1.66. The summed E-state index contributed by atoms with van der Waals surface area (Å²) in [7, 11) is 0. The highest BCUT2D eigenvalue weighted by molar-refractivity contribution is 5.20. The number of hydrogen-bond acceptors (Lipinski definition) is 3. The molecule has 1 heterocycles. The summed E-state index contributed by atoms with van der Waals surface area (Å²) in [5.74, 6) is 0.302. The molecule has 16 heavy (non-hydrogen) atoms. The highest BCUT2D eigenvalue weighted by Crippen LogP contribution is 2.05. The Morgan fingerprint density at radius 1 is 1.31 bits per heavy atom. The van der Waals surface area contributed by atoms with E-state index in [0.717, 1.165) is 5.56 Å². The number of H-pyrrole nitrogens is 1. The molecule has 2 aromatic rings. The van der Waals surface area contributed by atoms with Crippen LogP contribution in [0, 0.1) is 6.92 Å². The van der Waals surface area contributed by atoms with E-state index >= 15 is 0 Å². The molecule has 0 atom stereocenters. The second kappa shape index (κ2) is 4.61. The van der Waals surface area contributed by atoms with E-state index in [0.29, 0.717) is 18.1 Å². The number of nitrogens with one attached hydrogen (secondary N) is 1. The molecular formula is C12H12N2O2. The minimum Gasteiger partial charge on any atom is -0.483 e. The second-order valence-electron chi connectivity index (χ2n) is 3.44. The summed E-state index contributed by atoms with van der Waals surface area (Å²) in [4.78, 5) is 11.6. The number of aryl methyl sites for hydroxylation is 1. The lowest BCUT2D eigenvalue weighted by Crippen LogP contribution is -2.13. The monoisotopic (exact) mass is 216 g/mol. The summed E-state index contributed by atoms with van der Waals surface area (Å²) in [6.45, 7) is 2.03. The molecule has 0 saturated heterocycles. The van der Waals surface area contributed by atoms with Gasteiger partial charge in [0.2, 0.25) is 5.43 Å². The molecule has 1 N–H and O–H groups in total. The van der Waals surface area contributed by atoms with Crippen LogP contribution in [0.2, 0.25) is 0 Å². The third kappa shape index (κ3) is 2.28. The van der Waals surface area contributed by atoms with Crippen molar-refractivity contribution in [3.8, 4) is 5.75 Å². The molecule has 82 valence electrons. The van der Waals surface area contributed by atoms with Gasteiger partial charge in [0.05, 0.1) is 6.20 Å². The van der Waals surface area contributed by atoms with E-state index in [1.165, 1.54) is 6.20 Å². The summed E-state index contributed by atoms with van der Waals surface area (Å²) in [5.41, 5.74) is 1.26. The first-order valence-electron chi connectivity index (χ1n) is 4.99. The van der Waals surface area contributed by atoms with Gasteiger partial charge in [-0.1, -0.05) is 30.3 Å². The number of ether oxygens (including phenoxy) is 1. The Labute approximate surface area is 92.9 Å². The normalized spacial score (nSPS) is 10.1. The van der Waals surface area contributed by atoms with Crippen LogP contribution < -0.4 is 10.2 Å². The summed E-state index contributed by atoms with van der Waals surface area (Å²) >= 11 is 0. The molecule has 0 amide bonds. The van der Waals surface area contributed by atoms with Crippen molar-refractivity contribution in [1.29, 1.82) is 0 Å².